The fraction of sp³-hybridized carbons (Fsp3) is 0.120. The van der Waals surface area contributed by atoms with Gasteiger partial charge in [0.25, 0.3) is 5.91 Å². The van der Waals surface area contributed by atoms with E-state index in [0.717, 1.165) is 28.5 Å². The largest absolute Gasteiger partial charge is 0.494 e. The molecule has 31 heavy (non-hydrogen) atoms. The molecule has 0 radical (unpaired) electrons. The number of carbonyl (C=O) groups excluding carboxylic acids is 1. The molecule has 0 saturated heterocycles. The zero-order chi connectivity index (χ0) is 21.1. The van der Waals surface area contributed by atoms with E-state index in [2.05, 4.69) is 22.5 Å². The molecule has 2 heterocycles. The lowest BCUT2D eigenvalue weighted by Gasteiger charge is -2.11. The Morgan fingerprint density at radius 1 is 0.935 bits per heavy atom. The molecule has 6 rings (SSSR count). The van der Waals surface area contributed by atoms with Crippen molar-refractivity contribution in [3.8, 4) is 17.4 Å². The summed E-state index contributed by atoms with van der Waals surface area (Å²) in [5, 5.41) is 25.4. The number of hydrogen-bond donors (Lipinski definition) is 3. The van der Waals surface area contributed by atoms with E-state index in [0.29, 0.717) is 16.9 Å². The molecule has 0 saturated carbocycles. The second kappa shape index (κ2) is 6.47. The first kappa shape index (κ1) is 17.8. The number of anilines is 1. The quantitative estimate of drug-likeness (QED) is 0.423. The van der Waals surface area contributed by atoms with Gasteiger partial charge in [-0.1, -0.05) is 30.4 Å². The minimum Gasteiger partial charge on any atom is -0.494 e. The molecule has 2 aromatic heterocycles. The summed E-state index contributed by atoms with van der Waals surface area (Å²) in [7, 11) is 0. The number of hydrogen-bond acceptors (Lipinski definition) is 4. The maximum absolute atomic E-state index is 12.8. The summed E-state index contributed by atoms with van der Waals surface area (Å²) >= 11 is 0. The van der Waals surface area contributed by atoms with Crippen LogP contribution in [0.5, 0.6) is 11.8 Å². The molecule has 2 aliphatic carbocycles. The normalized spacial score (nSPS) is 18.5. The molecule has 2 bridgehead atoms. The predicted molar refractivity (Wildman–Crippen MR) is 118 cm³/mol. The lowest BCUT2D eigenvalue weighted by molar-refractivity contribution is 0.102. The Hall–Kier alpha value is -4.06. The van der Waals surface area contributed by atoms with Crippen LogP contribution < -0.4 is 5.32 Å². The number of nitrogens with one attached hydrogen (secondary N) is 1. The number of benzene rings is 2. The third-order valence-corrected chi connectivity index (χ3v) is 6.29. The van der Waals surface area contributed by atoms with E-state index >= 15 is 0 Å². The molecule has 3 N–H and O–H groups in total. The van der Waals surface area contributed by atoms with E-state index in [1.54, 1.807) is 30.5 Å². The molecular formula is C25H19N3O3. The number of allylic oxidation sites excluding steroid dienone is 2. The maximum atomic E-state index is 12.8. The minimum atomic E-state index is -0.254. The van der Waals surface area contributed by atoms with Gasteiger partial charge in [-0.05, 0) is 42.8 Å². The van der Waals surface area contributed by atoms with Gasteiger partial charge in [-0.25, -0.2) is 0 Å². The first-order valence-corrected chi connectivity index (χ1v) is 10.2. The summed E-state index contributed by atoms with van der Waals surface area (Å²) < 4.78 is 1.45. The Balaban J connectivity index is 1.30. The summed E-state index contributed by atoms with van der Waals surface area (Å²) in [4.78, 5) is 17.2. The van der Waals surface area contributed by atoms with Crippen molar-refractivity contribution in [2.45, 2.75) is 18.3 Å². The van der Waals surface area contributed by atoms with Crippen LogP contribution in [0.1, 0.15) is 39.7 Å². The topological polar surface area (TPSA) is 87.4 Å². The van der Waals surface area contributed by atoms with Crippen LogP contribution >= 0.6 is 0 Å². The molecule has 6 heteroatoms. The van der Waals surface area contributed by atoms with Crippen molar-refractivity contribution >= 4 is 22.5 Å². The Morgan fingerprint density at radius 2 is 1.61 bits per heavy atom. The molecule has 2 atom stereocenters. The van der Waals surface area contributed by atoms with Crippen molar-refractivity contribution in [3.63, 3.8) is 0 Å². The van der Waals surface area contributed by atoms with Crippen molar-refractivity contribution < 1.29 is 15.0 Å². The van der Waals surface area contributed by atoms with E-state index < -0.39 is 0 Å². The smallest absolute Gasteiger partial charge is 0.255 e. The zero-order valence-corrected chi connectivity index (χ0v) is 16.5. The van der Waals surface area contributed by atoms with Crippen LogP contribution in [-0.4, -0.2) is 25.7 Å². The number of nitrogens with zero attached hydrogens (tertiary/aromatic N) is 2. The van der Waals surface area contributed by atoms with E-state index in [1.807, 2.05) is 30.3 Å². The lowest BCUT2D eigenvalue weighted by Crippen LogP contribution is -2.12. The first-order valence-electron chi connectivity index (χ1n) is 10.2. The van der Waals surface area contributed by atoms with Crippen LogP contribution in [0.15, 0.2) is 72.9 Å². The van der Waals surface area contributed by atoms with Gasteiger partial charge >= 0.3 is 0 Å². The van der Waals surface area contributed by atoms with Crippen LogP contribution in [0.25, 0.3) is 16.6 Å². The number of aromatic nitrogens is 2. The molecule has 0 spiro atoms. The van der Waals surface area contributed by atoms with Gasteiger partial charge < -0.3 is 15.5 Å². The Morgan fingerprint density at radius 3 is 2.32 bits per heavy atom. The average molecular weight is 409 g/mol. The van der Waals surface area contributed by atoms with Crippen molar-refractivity contribution in [3.05, 3.63) is 89.6 Å². The van der Waals surface area contributed by atoms with E-state index in [1.165, 1.54) is 4.57 Å². The highest BCUT2D eigenvalue weighted by molar-refractivity contribution is 6.08. The fourth-order valence-corrected chi connectivity index (χ4v) is 4.85. The van der Waals surface area contributed by atoms with E-state index in [4.69, 9.17) is 0 Å². The van der Waals surface area contributed by atoms with E-state index in [9.17, 15) is 15.0 Å². The van der Waals surface area contributed by atoms with Crippen molar-refractivity contribution in [1.82, 2.24) is 9.55 Å². The molecule has 1 amide bonds. The van der Waals surface area contributed by atoms with Crippen LogP contribution in [0.4, 0.5) is 5.69 Å². The summed E-state index contributed by atoms with van der Waals surface area (Å²) in [5.41, 5.74) is 4.08. The summed E-state index contributed by atoms with van der Waals surface area (Å²) in [6.45, 7) is 0. The SMILES string of the molecule is O=C(Nc1cccc2cccnc12)c1ccc(-n2c(O)c3c(c2O)[C@@H]2C=CC3C2)cc1. The molecule has 6 nitrogen and oxygen atoms in total. The number of carbonyl (C=O) groups is 1. The standard InChI is InChI=1S/C25H19N3O3/c29-23(27-19-5-1-3-14-4-2-12-26-22(14)19)15-8-10-18(11-9-15)28-24(30)20-16-6-7-17(13-16)21(20)25(28)31/h1-12,16-17,30-31H,13H2,(H,27,29)/t16-,17?/m1/s1. The zero-order valence-electron chi connectivity index (χ0n) is 16.5. The first-order chi connectivity index (χ1) is 15.1. The number of aromatic hydroxyl groups is 2. The molecule has 2 aromatic carbocycles. The van der Waals surface area contributed by atoms with Crippen molar-refractivity contribution in [2.75, 3.05) is 5.32 Å². The minimum absolute atomic E-state index is 0.0726. The van der Waals surface area contributed by atoms with Crippen molar-refractivity contribution in [1.29, 1.82) is 0 Å². The highest BCUT2D eigenvalue weighted by Gasteiger charge is 2.41. The summed E-state index contributed by atoms with van der Waals surface area (Å²) in [5.74, 6) is 0.208. The second-order valence-corrected chi connectivity index (χ2v) is 8.03. The van der Waals surface area contributed by atoms with Gasteiger partial charge in [0.05, 0.1) is 16.9 Å². The van der Waals surface area contributed by atoms with Crippen LogP contribution in [0.2, 0.25) is 0 Å². The van der Waals surface area contributed by atoms with Crippen LogP contribution in [0.3, 0.4) is 0 Å². The molecule has 0 fully saturated rings. The predicted octanol–water partition coefficient (Wildman–Crippen LogP) is 4.83. The number of pyridine rings is 1. The van der Waals surface area contributed by atoms with Crippen LogP contribution in [-0.2, 0) is 0 Å². The number of rotatable bonds is 3. The highest BCUT2D eigenvalue weighted by Crippen LogP contribution is 2.57. The Bertz CT molecular complexity index is 1340. The van der Waals surface area contributed by atoms with E-state index in [-0.39, 0.29) is 29.5 Å². The average Bonchev–Trinajstić information content (AvgIpc) is 3.48. The van der Waals surface area contributed by atoms with Gasteiger partial charge in [-0.3, -0.25) is 14.3 Å². The van der Waals surface area contributed by atoms with Gasteiger partial charge in [0.1, 0.15) is 0 Å². The fourth-order valence-electron chi connectivity index (χ4n) is 4.85. The highest BCUT2D eigenvalue weighted by atomic mass is 16.3. The molecule has 152 valence electrons. The number of para-hydroxylation sites is 1. The molecule has 2 aliphatic rings. The van der Waals surface area contributed by atoms with Gasteiger partial charge in [-0.2, -0.15) is 0 Å². The maximum Gasteiger partial charge on any atom is 0.255 e. The number of fused-ring (bicyclic) bond motifs is 6. The summed E-state index contributed by atoms with van der Waals surface area (Å²) in [6, 6.07) is 16.3. The number of amides is 1. The molecule has 4 aromatic rings. The van der Waals surface area contributed by atoms with Crippen molar-refractivity contribution in [2.24, 2.45) is 0 Å². The third-order valence-electron chi connectivity index (χ3n) is 6.29. The Kier molecular flexibility index (Phi) is 3.71. The molecule has 1 unspecified atom stereocenters. The molecular weight excluding hydrogens is 390 g/mol. The Labute approximate surface area is 178 Å². The monoisotopic (exact) mass is 409 g/mol. The molecule has 0 aliphatic heterocycles. The van der Waals surface area contributed by atoms with Crippen LogP contribution in [0, 0.1) is 0 Å². The van der Waals surface area contributed by atoms with Gasteiger partial charge in [-0.15, -0.1) is 0 Å². The van der Waals surface area contributed by atoms with Gasteiger partial charge in [0.15, 0.2) is 0 Å². The third kappa shape index (κ3) is 2.58. The summed E-state index contributed by atoms with van der Waals surface area (Å²) in [6.07, 6.45) is 6.79. The van der Waals surface area contributed by atoms with Gasteiger partial charge in [0, 0.05) is 40.1 Å². The van der Waals surface area contributed by atoms with Gasteiger partial charge in [0.2, 0.25) is 11.8 Å². The lowest BCUT2D eigenvalue weighted by atomic mass is 10.0. The second-order valence-electron chi connectivity index (χ2n) is 8.03.